The average Bonchev–Trinajstić information content (AvgIpc) is 3.09. The monoisotopic (exact) mass is 291 g/mol. The molecule has 2 atom stereocenters. The zero-order valence-corrected chi connectivity index (χ0v) is 12.8. The average molecular weight is 291 g/mol. The molecule has 5 nitrogen and oxygen atoms in total. The van der Waals surface area contributed by atoms with E-state index in [1.54, 1.807) is 6.20 Å². The van der Waals surface area contributed by atoms with Gasteiger partial charge in [-0.2, -0.15) is 5.10 Å². The minimum atomic E-state index is 0.0763. The van der Waals surface area contributed by atoms with Crippen molar-refractivity contribution in [1.82, 2.24) is 15.1 Å². The lowest BCUT2D eigenvalue weighted by molar-refractivity contribution is -0.146. The van der Waals surface area contributed by atoms with Crippen LogP contribution in [0.2, 0.25) is 0 Å². The molecule has 1 N–H and O–H groups in total. The number of carbonyl (C=O) groups excluding carboxylic acids is 1. The second-order valence-corrected chi connectivity index (χ2v) is 6.18. The maximum atomic E-state index is 12.7. The van der Waals surface area contributed by atoms with Crippen LogP contribution in [-0.2, 0) is 9.53 Å². The minimum Gasteiger partial charge on any atom is -0.377 e. The van der Waals surface area contributed by atoms with Crippen molar-refractivity contribution in [2.24, 2.45) is 5.92 Å². The standard InChI is InChI=1S/C16H25N3O2/c1-2-15-13(4-3-11-21-15)16(20)19-9-6-12(7-10-19)14-5-8-17-18-14/h5,8,12-13,15H,2-4,6-7,9-11H2,1H3,(H,17,18)/t13-,15+/m1/s1. The summed E-state index contributed by atoms with van der Waals surface area (Å²) in [5.41, 5.74) is 1.20. The van der Waals surface area contributed by atoms with Gasteiger partial charge >= 0.3 is 0 Å². The molecule has 2 fully saturated rings. The molecule has 0 radical (unpaired) electrons. The molecule has 1 aromatic heterocycles. The first kappa shape index (κ1) is 14.6. The van der Waals surface area contributed by atoms with Crippen molar-refractivity contribution >= 4 is 5.91 Å². The number of nitrogens with zero attached hydrogens (tertiary/aromatic N) is 2. The van der Waals surface area contributed by atoms with Gasteiger partial charge in [0.1, 0.15) is 0 Å². The van der Waals surface area contributed by atoms with Gasteiger partial charge in [-0.25, -0.2) is 0 Å². The number of hydrogen-bond acceptors (Lipinski definition) is 3. The Balaban J connectivity index is 1.57. The number of likely N-dealkylation sites (tertiary alicyclic amines) is 1. The maximum Gasteiger partial charge on any atom is 0.228 e. The second kappa shape index (κ2) is 6.60. The van der Waals surface area contributed by atoms with Crippen LogP contribution in [0.5, 0.6) is 0 Å². The number of nitrogens with one attached hydrogen (secondary N) is 1. The topological polar surface area (TPSA) is 58.2 Å². The van der Waals surface area contributed by atoms with Gasteiger partial charge in [0.2, 0.25) is 5.91 Å². The smallest absolute Gasteiger partial charge is 0.228 e. The van der Waals surface area contributed by atoms with Gasteiger partial charge in [0.05, 0.1) is 12.0 Å². The van der Waals surface area contributed by atoms with Gasteiger partial charge in [-0.3, -0.25) is 9.89 Å². The van der Waals surface area contributed by atoms with Crippen LogP contribution in [0.15, 0.2) is 12.3 Å². The first-order chi connectivity index (χ1) is 10.3. The molecule has 2 aliphatic rings. The van der Waals surface area contributed by atoms with Gasteiger partial charge in [0, 0.05) is 37.5 Å². The van der Waals surface area contributed by atoms with Gasteiger partial charge in [-0.1, -0.05) is 6.92 Å². The molecule has 2 aliphatic heterocycles. The summed E-state index contributed by atoms with van der Waals surface area (Å²) in [4.78, 5) is 14.8. The van der Waals surface area contributed by atoms with E-state index in [1.165, 1.54) is 5.69 Å². The number of amides is 1. The quantitative estimate of drug-likeness (QED) is 0.930. The lowest BCUT2D eigenvalue weighted by Gasteiger charge is -2.37. The molecule has 5 heteroatoms. The summed E-state index contributed by atoms with van der Waals surface area (Å²) < 4.78 is 5.77. The summed E-state index contributed by atoms with van der Waals surface area (Å²) in [5, 5.41) is 7.08. The van der Waals surface area contributed by atoms with Crippen molar-refractivity contribution in [1.29, 1.82) is 0 Å². The predicted molar refractivity (Wildman–Crippen MR) is 79.9 cm³/mol. The highest BCUT2D eigenvalue weighted by molar-refractivity contribution is 5.79. The first-order valence-corrected chi connectivity index (χ1v) is 8.19. The summed E-state index contributed by atoms with van der Waals surface area (Å²) in [6.07, 6.45) is 6.90. The fraction of sp³-hybridized carbons (Fsp3) is 0.750. The summed E-state index contributed by atoms with van der Waals surface area (Å²) in [5.74, 6) is 0.901. The molecule has 0 aliphatic carbocycles. The summed E-state index contributed by atoms with van der Waals surface area (Å²) in [6.45, 7) is 4.63. The Bertz CT molecular complexity index is 452. The van der Waals surface area contributed by atoms with Crippen LogP contribution in [0.3, 0.4) is 0 Å². The maximum absolute atomic E-state index is 12.7. The van der Waals surface area contributed by atoms with E-state index >= 15 is 0 Å². The van der Waals surface area contributed by atoms with Crippen molar-refractivity contribution in [3.63, 3.8) is 0 Å². The molecule has 0 bridgehead atoms. The number of ether oxygens (including phenoxy) is 1. The van der Waals surface area contributed by atoms with Crippen LogP contribution in [0.1, 0.15) is 50.6 Å². The van der Waals surface area contributed by atoms with Crippen LogP contribution < -0.4 is 0 Å². The molecular weight excluding hydrogens is 266 g/mol. The molecule has 0 spiro atoms. The third-order valence-corrected chi connectivity index (χ3v) is 4.93. The normalized spacial score (nSPS) is 27.8. The number of H-pyrrole nitrogens is 1. The zero-order chi connectivity index (χ0) is 14.7. The number of carbonyl (C=O) groups is 1. The van der Waals surface area contributed by atoms with E-state index in [-0.39, 0.29) is 12.0 Å². The fourth-order valence-electron chi connectivity index (χ4n) is 3.66. The van der Waals surface area contributed by atoms with E-state index in [2.05, 4.69) is 22.0 Å². The highest BCUT2D eigenvalue weighted by atomic mass is 16.5. The summed E-state index contributed by atoms with van der Waals surface area (Å²) in [7, 11) is 0. The number of aromatic amines is 1. The van der Waals surface area contributed by atoms with E-state index in [0.29, 0.717) is 11.8 Å². The Morgan fingerprint density at radius 1 is 1.43 bits per heavy atom. The fourth-order valence-corrected chi connectivity index (χ4v) is 3.66. The Hall–Kier alpha value is -1.36. The lowest BCUT2D eigenvalue weighted by atomic mass is 9.88. The SMILES string of the molecule is CC[C@@H]1OCCC[C@H]1C(=O)N1CCC(c2ccn[nH]2)CC1. The van der Waals surface area contributed by atoms with Gasteiger partial charge in [0.15, 0.2) is 0 Å². The van der Waals surface area contributed by atoms with Crippen LogP contribution >= 0.6 is 0 Å². The molecule has 116 valence electrons. The van der Waals surface area contributed by atoms with Gasteiger partial charge in [-0.15, -0.1) is 0 Å². The number of piperidine rings is 1. The van der Waals surface area contributed by atoms with Crippen molar-refractivity contribution in [2.45, 2.75) is 51.0 Å². The molecule has 3 rings (SSSR count). The minimum absolute atomic E-state index is 0.0763. The van der Waals surface area contributed by atoms with E-state index < -0.39 is 0 Å². The van der Waals surface area contributed by atoms with Crippen molar-refractivity contribution < 1.29 is 9.53 Å². The predicted octanol–water partition coefficient (Wildman–Crippen LogP) is 2.32. The Morgan fingerprint density at radius 3 is 2.90 bits per heavy atom. The van der Waals surface area contributed by atoms with Crippen molar-refractivity contribution in [3.05, 3.63) is 18.0 Å². The van der Waals surface area contributed by atoms with Crippen molar-refractivity contribution in [3.8, 4) is 0 Å². The van der Waals surface area contributed by atoms with Gasteiger partial charge in [-0.05, 0) is 38.2 Å². The van der Waals surface area contributed by atoms with Crippen LogP contribution in [0, 0.1) is 5.92 Å². The molecule has 3 heterocycles. The third kappa shape index (κ3) is 3.12. The summed E-state index contributed by atoms with van der Waals surface area (Å²) in [6, 6.07) is 2.05. The molecule has 1 aromatic rings. The molecular formula is C16H25N3O2. The van der Waals surface area contributed by atoms with Crippen LogP contribution in [0.25, 0.3) is 0 Å². The Labute approximate surface area is 126 Å². The molecule has 0 unspecified atom stereocenters. The zero-order valence-electron chi connectivity index (χ0n) is 12.8. The first-order valence-electron chi connectivity index (χ1n) is 8.19. The molecule has 21 heavy (non-hydrogen) atoms. The summed E-state index contributed by atoms with van der Waals surface area (Å²) >= 11 is 0. The van der Waals surface area contributed by atoms with E-state index in [0.717, 1.165) is 51.8 Å². The molecule has 2 saturated heterocycles. The van der Waals surface area contributed by atoms with Crippen LogP contribution in [-0.4, -0.2) is 46.8 Å². The van der Waals surface area contributed by atoms with E-state index in [9.17, 15) is 4.79 Å². The number of aromatic nitrogens is 2. The van der Waals surface area contributed by atoms with Crippen molar-refractivity contribution in [2.75, 3.05) is 19.7 Å². The third-order valence-electron chi connectivity index (χ3n) is 4.93. The molecule has 0 saturated carbocycles. The Morgan fingerprint density at radius 2 is 2.24 bits per heavy atom. The van der Waals surface area contributed by atoms with E-state index in [4.69, 9.17) is 4.74 Å². The largest absolute Gasteiger partial charge is 0.377 e. The lowest BCUT2D eigenvalue weighted by Crippen LogP contribution is -2.46. The molecule has 1 amide bonds. The molecule has 0 aromatic carbocycles. The van der Waals surface area contributed by atoms with Gasteiger partial charge in [0.25, 0.3) is 0 Å². The van der Waals surface area contributed by atoms with Crippen LogP contribution in [0.4, 0.5) is 0 Å². The number of hydrogen-bond donors (Lipinski definition) is 1. The van der Waals surface area contributed by atoms with Gasteiger partial charge < -0.3 is 9.64 Å². The highest BCUT2D eigenvalue weighted by Crippen LogP contribution is 2.30. The second-order valence-electron chi connectivity index (χ2n) is 6.18. The Kier molecular flexibility index (Phi) is 4.58. The number of rotatable bonds is 3. The highest BCUT2D eigenvalue weighted by Gasteiger charge is 2.35. The van der Waals surface area contributed by atoms with E-state index in [1.807, 2.05) is 6.07 Å².